The first-order valence-corrected chi connectivity index (χ1v) is 18.8. The van der Waals surface area contributed by atoms with Crippen LogP contribution < -0.4 is 0 Å². The SMILES string of the molecule is C/C=C\C.C/C=C\C(/C=C\C)(/C=C\C)/C=C\C.C/C=C\C(/C=C\C)/C=C\C.C/C=C\C/C=C\C.CC.CC(C)(C)C.CC(C)C.CCC. The van der Waals surface area contributed by atoms with Gasteiger partial charge in [0.25, 0.3) is 0 Å². The van der Waals surface area contributed by atoms with Crippen molar-refractivity contribution in [2.45, 2.75) is 165 Å². The molecule has 0 heteroatoms. The van der Waals surface area contributed by atoms with Crippen LogP contribution in [0.15, 0.2) is 122 Å². The predicted molar refractivity (Wildman–Crippen MR) is 237 cm³/mol. The van der Waals surface area contributed by atoms with Crippen molar-refractivity contribution in [2.24, 2.45) is 22.7 Å². The molecule has 0 radical (unpaired) electrons. The smallest absolute Gasteiger partial charge is 0.0423 e. The van der Waals surface area contributed by atoms with Crippen molar-refractivity contribution in [3.63, 3.8) is 0 Å². The van der Waals surface area contributed by atoms with Crippen molar-refractivity contribution in [1.29, 1.82) is 0 Å². The third-order valence-electron chi connectivity index (χ3n) is 4.14. The first kappa shape index (κ1) is 64.0. The summed E-state index contributed by atoms with van der Waals surface area (Å²) < 4.78 is 0. The lowest BCUT2D eigenvalue weighted by molar-refractivity contribution is 0.469. The maximum atomic E-state index is 2.19. The van der Waals surface area contributed by atoms with E-state index in [1.807, 2.05) is 102 Å². The van der Waals surface area contributed by atoms with Gasteiger partial charge in [0.15, 0.2) is 0 Å². The molecule has 0 heterocycles. The molecule has 0 amide bonds. The maximum absolute atomic E-state index is 2.19. The lowest BCUT2D eigenvalue weighted by atomic mass is 9.86. The molecule has 0 aliphatic carbocycles. The third kappa shape index (κ3) is 104. The highest BCUT2D eigenvalue weighted by Crippen LogP contribution is 2.25. The van der Waals surface area contributed by atoms with Crippen LogP contribution in [-0.2, 0) is 0 Å². The zero-order valence-electron chi connectivity index (χ0n) is 37.1. The normalized spacial score (nSPS) is 11.7. The Balaban J connectivity index is -0.0000000681. The highest BCUT2D eigenvalue weighted by atomic mass is 14.2. The Morgan fingerprint density at radius 2 is 0.625 bits per heavy atom. The number of hydrogen-bond acceptors (Lipinski definition) is 0. The zero-order valence-corrected chi connectivity index (χ0v) is 37.1. The van der Waals surface area contributed by atoms with E-state index in [9.17, 15) is 0 Å². The summed E-state index contributed by atoms with van der Waals surface area (Å²) in [6.07, 6.45) is 44.5. The van der Waals surface area contributed by atoms with Crippen LogP contribution in [-0.4, -0.2) is 0 Å². The Labute approximate surface area is 308 Å². The van der Waals surface area contributed by atoms with Gasteiger partial charge in [0, 0.05) is 11.3 Å². The van der Waals surface area contributed by atoms with Gasteiger partial charge in [-0.25, -0.2) is 0 Å². The molecule has 0 saturated carbocycles. The molecule has 0 fully saturated rings. The minimum Gasteiger partial charge on any atom is -0.0919 e. The molecule has 0 N–H and O–H groups in total. The van der Waals surface area contributed by atoms with Gasteiger partial charge >= 0.3 is 0 Å². The van der Waals surface area contributed by atoms with Crippen LogP contribution >= 0.6 is 0 Å². The molecule has 284 valence electrons. The summed E-state index contributed by atoms with van der Waals surface area (Å²) in [5.74, 6) is 1.32. The number of hydrogen-bond donors (Lipinski definition) is 0. The molecule has 0 spiro atoms. The molecule has 0 aromatic carbocycles. The van der Waals surface area contributed by atoms with E-state index in [0.717, 1.165) is 12.3 Å². The van der Waals surface area contributed by atoms with Gasteiger partial charge in [0.1, 0.15) is 0 Å². The highest BCUT2D eigenvalue weighted by molar-refractivity contribution is 5.28. The second-order valence-electron chi connectivity index (χ2n) is 12.6. The Hall–Kier alpha value is -2.60. The van der Waals surface area contributed by atoms with E-state index in [4.69, 9.17) is 0 Å². The molecule has 0 aliphatic rings. The first-order chi connectivity index (χ1) is 22.6. The average Bonchev–Trinajstić information content (AvgIpc) is 3.00. The van der Waals surface area contributed by atoms with Crippen LogP contribution in [0.25, 0.3) is 0 Å². The largest absolute Gasteiger partial charge is 0.0919 e. The Morgan fingerprint density at radius 3 is 0.750 bits per heavy atom. The van der Waals surface area contributed by atoms with Gasteiger partial charge in [-0.15, -0.1) is 0 Å². The summed E-state index contributed by atoms with van der Waals surface area (Å²) in [6.45, 7) is 45.9. The fourth-order valence-electron chi connectivity index (χ4n) is 2.70. The van der Waals surface area contributed by atoms with E-state index in [-0.39, 0.29) is 5.41 Å². The summed E-state index contributed by atoms with van der Waals surface area (Å²) in [5, 5.41) is 0. The minimum absolute atomic E-state index is 0.0208. The fraction of sp³-hybridized carbons (Fsp3) is 0.583. The lowest BCUT2D eigenvalue weighted by Gasteiger charge is -2.18. The van der Waals surface area contributed by atoms with Crippen molar-refractivity contribution in [3.05, 3.63) is 122 Å². The number of rotatable bonds is 9. The fourth-order valence-corrected chi connectivity index (χ4v) is 2.70. The highest BCUT2D eigenvalue weighted by Gasteiger charge is 2.13. The van der Waals surface area contributed by atoms with Crippen molar-refractivity contribution >= 4 is 0 Å². The van der Waals surface area contributed by atoms with Gasteiger partial charge in [-0.3, -0.25) is 0 Å². The standard InChI is InChI=1S/C13H20.C10H16.C7H12.C5H12.C4H10.C4H8.C3H8.C2H6/c1-5-9-13(10-6-2,11-7-3)12-8-4;1-4-7-10(8-5-2)9-6-3;1-3-5-7-6-4-2;1-5(2,3)4;1-4(2)3;1-3-4-2;1-3-2;1-2/h5-12H,1-4H3;4-10H,1-3H3;3-6H,7H2,1-2H3;1-4H3;4H,1-3H3;3-4H,1-2H3;3H2,1-2H3;1-2H3/b9-5-,10-6-,11-7-,12-8-;7-4-,8-5-,9-6-;5-3-,6-4-;;;4-3-;;. The molecule has 0 nitrogen and oxygen atoms in total. The lowest BCUT2D eigenvalue weighted by Crippen LogP contribution is -2.06. The quantitative estimate of drug-likeness (QED) is 0.215. The second-order valence-corrected chi connectivity index (χ2v) is 12.6. The monoisotopic (exact) mass is 669 g/mol. The molecule has 0 atom stereocenters. The Bertz CT molecular complexity index is 700. The van der Waals surface area contributed by atoms with Gasteiger partial charge in [-0.05, 0) is 93.9 Å². The van der Waals surface area contributed by atoms with Gasteiger partial charge < -0.3 is 0 Å². The maximum Gasteiger partial charge on any atom is 0.0423 e. The summed E-state index contributed by atoms with van der Waals surface area (Å²) in [4.78, 5) is 0. The summed E-state index contributed by atoms with van der Waals surface area (Å²) in [5.41, 5.74) is 0.479. The van der Waals surface area contributed by atoms with Crippen LogP contribution in [0.2, 0.25) is 0 Å². The molecule has 0 unspecified atom stereocenters. The van der Waals surface area contributed by atoms with Crippen molar-refractivity contribution < 1.29 is 0 Å². The summed E-state index contributed by atoms with van der Waals surface area (Å²) in [7, 11) is 0. The topological polar surface area (TPSA) is 0 Å². The van der Waals surface area contributed by atoms with E-state index >= 15 is 0 Å². The van der Waals surface area contributed by atoms with E-state index in [0.29, 0.717) is 11.3 Å². The minimum atomic E-state index is -0.0208. The number of allylic oxidation sites excluding steroid dienone is 20. The Kier molecular flexibility index (Phi) is 79.7. The van der Waals surface area contributed by atoms with Gasteiger partial charge in [-0.1, -0.05) is 204 Å². The van der Waals surface area contributed by atoms with Crippen molar-refractivity contribution in [2.75, 3.05) is 0 Å². The van der Waals surface area contributed by atoms with Crippen molar-refractivity contribution in [3.8, 4) is 0 Å². The first-order valence-electron chi connectivity index (χ1n) is 18.8. The van der Waals surface area contributed by atoms with Crippen LogP contribution in [0.5, 0.6) is 0 Å². The van der Waals surface area contributed by atoms with Crippen LogP contribution in [0.4, 0.5) is 0 Å². The third-order valence-corrected chi connectivity index (χ3v) is 4.14. The van der Waals surface area contributed by atoms with Crippen LogP contribution in [0.1, 0.15) is 165 Å². The predicted octanol–water partition coefficient (Wildman–Crippen LogP) is 17.9. The zero-order chi connectivity index (χ0) is 39.7. The summed E-state index contributed by atoms with van der Waals surface area (Å²) >= 11 is 0. The molecular weight excluding hydrogens is 577 g/mol. The summed E-state index contributed by atoms with van der Waals surface area (Å²) in [6, 6.07) is 0. The molecular formula is C48H92. The van der Waals surface area contributed by atoms with Gasteiger partial charge in [-0.2, -0.15) is 0 Å². The molecule has 0 aromatic rings. The van der Waals surface area contributed by atoms with Crippen molar-refractivity contribution in [1.82, 2.24) is 0 Å². The molecule has 0 aliphatic heterocycles. The molecule has 0 bridgehead atoms. The average molecular weight is 669 g/mol. The molecule has 0 aromatic heterocycles. The molecule has 0 rings (SSSR count). The van der Waals surface area contributed by atoms with E-state index in [1.54, 1.807) is 0 Å². The van der Waals surface area contributed by atoms with E-state index in [2.05, 4.69) is 172 Å². The van der Waals surface area contributed by atoms with E-state index < -0.39 is 0 Å². The van der Waals surface area contributed by atoms with E-state index in [1.165, 1.54) is 6.42 Å². The van der Waals surface area contributed by atoms with Crippen LogP contribution in [0, 0.1) is 22.7 Å². The second kappa shape index (κ2) is 59.8. The molecule has 48 heavy (non-hydrogen) atoms. The Morgan fingerprint density at radius 1 is 0.417 bits per heavy atom. The van der Waals surface area contributed by atoms with Gasteiger partial charge in [0.05, 0.1) is 0 Å². The molecule has 0 saturated heterocycles. The van der Waals surface area contributed by atoms with Gasteiger partial charge in [0.2, 0.25) is 0 Å². The van der Waals surface area contributed by atoms with Crippen LogP contribution in [0.3, 0.4) is 0 Å².